The lowest BCUT2D eigenvalue weighted by atomic mass is 9.85. The van der Waals surface area contributed by atoms with Crippen LogP contribution >= 0.6 is 27.7 Å². The summed E-state index contributed by atoms with van der Waals surface area (Å²) in [5.41, 5.74) is 0.351. The van der Waals surface area contributed by atoms with E-state index in [1.165, 1.54) is 4.90 Å². The summed E-state index contributed by atoms with van der Waals surface area (Å²) in [7, 11) is 0. The Balaban J connectivity index is 1.90. The Labute approximate surface area is 138 Å². The molecule has 21 heavy (non-hydrogen) atoms. The van der Waals surface area contributed by atoms with E-state index in [2.05, 4.69) is 45.5 Å². The Kier molecular flexibility index (Phi) is 4.69. The summed E-state index contributed by atoms with van der Waals surface area (Å²) < 4.78 is 1.08. The van der Waals surface area contributed by atoms with Crippen LogP contribution in [0.25, 0.3) is 0 Å². The zero-order valence-electron chi connectivity index (χ0n) is 11.7. The van der Waals surface area contributed by atoms with Gasteiger partial charge in [-0.05, 0) is 61.8 Å². The van der Waals surface area contributed by atoms with Crippen molar-refractivity contribution in [1.29, 1.82) is 0 Å². The number of hydrogen-bond acceptors (Lipinski definition) is 3. The predicted octanol–water partition coefficient (Wildman–Crippen LogP) is 4.17. The van der Waals surface area contributed by atoms with Gasteiger partial charge in [0, 0.05) is 14.3 Å². The second-order valence-electron chi connectivity index (χ2n) is 5.33. The van der Waals surface area contributed by atoms with E-state index >= 15 is 0 Å². The molecule has 1 saturated heterocycles. The summed E-state index contributed by atoms with van der Waals surface area (Å²) in [5, 5.41) is 14.3. The zero-order chi connectivity index (χ0) is 14.7. The maximum atomic E-state index is 11.0. The van der Waals surface area contributed by atoms with E-state index in [-0.39, 0.29) is 0 Å². The molecule has 1 fully saturated rings. The van der Waals surface area contributed by atoms with Gasteiger partial charge in [0.25, 0.3) is 0 Å². The predicted molar refractivity (Wildman–Crippen MR) is 90.7 cm³/mol. The Hall–Kier alpha value is -0.810. The summed E-state index contributed by atoms with van der Waals surface area (Å²) in [6.07, 6.45) is 1.54. The fraction of sp³-hybridized carbons (Fsp3) is 0.294. The van der Waals surface area contributed by atoms with Gasteiger partial charge in [0.2, 0.25) is 0 Å². The molecule has 0 aromatic heterocycles. The van der Waals surface area contributed by atoms with Crippen molar-refractivity contribution in [2.24, 2.45) is 0 Å². The topological polar surface area (TPSA) is 32.3 Å². The molecule has 2 nitrogen and oxygen atoms in total. The molecule has 0 saturated carbocycles. The number of aliphatic hydroxyl groups is 1. The van der Waals surface area contributed by atoms with Gasteiger partial charge in [-0.15, -0.1) is 0 Å². The Morgan fingerprint density at radius 3 is 2.38 bits per heavy atom. The third-order valence-electron chi connectivity index (χ3n) is 3.86. The highest BCUT2D eigenvalue weighted by Crippen LogP contribution is 2.39. The van der Waals surface area contributed by atoms with Gasteiger partial charge in [0.05, 0.1) is 5.60 Å². The van der Waals surface area contributed by atoms with Gasteiger partial charge in [-0.25, -0.2) is 0 Å². The zero-order valence-corrected chi connectivity index (χ0v) is 14.1. The molecule has 1 aliphatic heterocycles. The maximum absolute atomic E-state index is 11.0. The number of halogens is 1. The average molecular weight is 364 g/mol. The van der Waals surface area contributed by atoms with Crippen molar-refractivity contribution in [3.63, 3.8) is 0 Å². The minimum absolute atomic E-state index is 0.704. The molecule has 0 aliphatic carbocycles. The molecular formula is C17H18BrNOS. The molecule has 2 N–H and O–H groups in total. The summed E-state index contributed by atoms with van der Waals surface area (Å²) >= 11 is 5.17. The first-order valence-electron chi connectivity index (χ1n) is 7.13. The highest BCUT2D eigenvalue weighted by Gasteiger charge is 2.33. The van der Waals surface area contributed by atoms with Gasteiger partial charge in [-0.1, -0.05) is 45.9 Å². The van der Waals surface area contributed by atoms with E-state index in [0.29, 0.717) is 0 Å². The van der Waals surface area contributed by atoms with Crippen LogP contribution in [-0.4, -0.2) is 18.2 Å². The highest BCUT2D eigenvalue weighted by atomic mass is 79.9. The molecule has 0 spiro atoms. The second-order valence-corrected chi connectivity index (χ2v) is 7.36. The van der Waals surface area contributed by atoms with Crippen LogP contribution in [0.2, 0.25) is 0 Å². The molecule has 3 rings (SSSR count). The molecule has 0 amide bonds. The quantitative estimate of drug-likeness (QED) is 0.857. The fourth-order valence-corrected chi connectivity index (χ4v) is 3.98. The summed E-state index contributed by atoms with van der Waals surface area (Å²) in [5.74, 6) is 0. The number of piperidine rings is 1. The van der Waals surface area contributed by atoms with Crippen LogP contribution in [0.1, 0.15) is 18.4 Å². The van der Waals surface area contributed by atoms with Gasteiger partial charge in [0.1, 0.15) is 0 Å². The Morgan fingerprint density at radius 2 is 1.67 bits per heavy atom. The normalized spacial score (nSPS) is 17.6. The first kappa shape index (κ1) is 15.1. The lowest BCUT2D eigenvalue weighted by molar-refractivity contribution is 0.00351. The van der Waals surface area contributed by atoms with E-state index in [9.17, 15) is 5.11 Å². The minimum Gasteiger partial charge on any atom is -0.385 e. The van der Waals surface area contributed by atoms with E-state index in [4.69, 9.17) is 0 Å². The van der Waals surface area contributed by atoms with Crippen molar-refractivity contribution in [3.8, 4) is 0 Å². The van der Waals surface area contributed by atoms with Crippen molar-refractivity contribution in [3.05, 3.63) is 58.6 Å². The van der Waals surface area contributed by atoms with E-state index < -0.39 is 5.60 Å². The molecule has 1 aliphatic rings. The molecule has 2 aromatic rings. The van der Waals surface area contributed by atoms with Crippen LogP contribution in [-0.2, 0) is 5.60 Å². The maximum Gasteiger partial charge on any atom is 0.0931 e. The molecule has 110 valence electrons. The number of benzene rings is 2. The van der Waals surface area contributed by atoms with E-state index in [1.54, 1.807) is 11.8 Å². The molecule has 0 bridgehead atoms. The molecule has 4 heteroatoms. The lowest BCUT2D eigenvalue weighted by Gasteiger charge is -2.34. The number of hydrogen-bond donors (Lipinski definition) is 2. The first-order chi connectivity index (χ1) is 10.2. The van der Waals surface area contributed by atoms with Gasteiger partial charge in [-0.3, -0.25) is 0 Å². The monoisotopic (exact) mass is 363 g/mol. The molecule has 1 heterocycles. The summed E-state index contributed by atoms with van der Waals surface area (Å²) in [6.45, 7) is 1.74. The van der Waals surface area contributed by atoms with E-state index in [1.807, 2.05) is 24.3 Å². The molecular weight excluding hydrogens is 346 g/mol. The summed E-state index contributed by atoms with van der Waals surface area (Å²) in [6, 6.07) is 16.5. The molecule has 0 atom stereocenters. The lowest BCUT2D eigenvalue weighted by Crippen LogP contribution is -2.40. The van der Waals surface area contributed by atoms with Crippen LogP contribution in [0.15, 0.2) is 62.8 Å². The Morgan fingerprint density at radius 1 is 1.00 bits per heavy atom. The minimum atomic E-state index is -0.704. The first-order valence-corrected chi connectivity index (χ1v) is 8.74. The second kappa shape index (κ2) is 6.53. The SMILES string of the molecule is OC1(c2ccccc2Sc2ccc(Br)cc2)CCNCC1. The van der Waals surface area contributed by atoms with Gasteiger partial charge in [-0.2, -0.15) is 0 Å². The fourth-order valence-electron chi connectivity index (χ4n) is 2.68. The summed E-state index contributed by atoms with van der Waals surface area (Å²) in [4.78, 5) is 2.33. The van der Waals surface area contributed by atoms with Crippen molar-refractivity contribution in [2.45, 2.75) is 28.2 Å². The smallest absolute Gasteiger partial charge is 0.0931 e. The third kappa shape index (κ3) is 3.51. The third-order valence-corrected chi connectivity index (χ3v) is 5.47. The van der Waals surface area contributed by atoms with Crippen LogP contribution in [0.5, 0.6) is 0 Å². The molecule has 2 aromatic carbocycles. The van der Waals surface area contributed by atoms with Crippen LogP contribution in [0.3, 0.4) is 0 Å². The van der Waals surface area contributed by atoms with Gasteiger partial charge in [0.15, 0.2) is 0 Å². The molecule has 0 unspecified atom stereocenters. The Bertz CT molecular complexity index is 608. The number of nitrogens with one attached hydrogen (secondary N) is 1. The highest BCUT2D eigenvalue weighted by molar-refractivity contribution is 9.10. The average Bonchev–Trinajstić information content (AvgIpc) is 2.51. The van der Waals surface area contributed by atoms with Crippen LogP contribution in [0.4, 0.5) is 0 Å². The van der Waals surface area contributed by atoms with Gasteiger partial charge >= 0.3 is 0 Å². The van der Waals surface area contributed by atoms with Crippen molar-refractivity contribution in [2.75, 3.05) is 13.1 Å². The van der Waals surface area contributed by atoms with E-state index in [0.717, 1.165) is 40.9 Å². The van der Waals surface area contributed by atoms with Gasteiger partial charge < -0.3 is 10.4 Å². The molecule has 0 radical (unpaired) electrons. The van der Waals surface area contributed by atoms with Crippen LogP contribution in [0, 0.1) is 0 Å². The van der Waals surface area contributed by atoms with Crippen molar-refractivity contribution < 1.29 is 5.11 Å². The van der Waals surface area contributed by atoms with Crippen molar-refractivity contribution in [1.82, 2.24) is 5.32 Å². The largest absolute Gasteiger partial charge is 0.385 e. The van der Waals surface area contributed by atoms with Crippen molar-refractivity contribution >= 4 is 27.7 Å². The van der Waals surface area contributed by atoms with Crippen LogP contribution < -0.4 is 5.32 Å². The number of rotatable bonds is 3. The standard InChI is InChI=1S/C17H18BrNOS/c18-13-5-7-14(8-6-13)21-16-4-2-1-3-15(16)17(20)9-11-19-12-10-17/h1-8,19-20H,9-12H2.